The molecule has 0 aromatic carbocycles. The van der Waals surface area contributed by atoms with Crippen LogP contribution in [0.1, 0.15) is 44.1 Å². The van der Waals surface area contributed by atoms with E-state index in [1.54, 1.807) is 0 Å². The number of aliphatic imine (C=N–C) groups is 1. The molecule has 126 valence electrons. The first-order chi connectivity index (χ1) is 9.74. The maximum Gasteiger partial charge on any atom is 0.191 e. The van der Waals surface area contributed by atoms with Crippen LogP contribution in [0.2, 0.25) is 0 Å². The molecule has 0 amide bonds. The van der Waals surface area contributed by atoms with Crippen molar-refractivity contribution < 1.29 is 0 Å². The number of rotatable bonds is 4. The molecule has 0 aliphatic heterocycles. The number of aromatic nitrogens is 2. The predicted molar refractivity (Wildman–Crippen MR) is 103 cm³/mol. The Balaban J connectivity index is 0.00000242. The minimum Gasteiger partial charge on any atom is -0.354 e. The molecule has 1 aromatic rings. The Kier molecular flexibility index (Phi) is 6.29. The first kappa shape index (κ1) is 19.3. The molecule has 0 bridgehead atoms. The van der Waals surface area contributed by atoms with E-state index in [1.807, 2.05) is 18.8 Å². The van der Waals surface area contributed by atoms with Gasteiger partial charge in [-0.2, -0.15) is 5.10 Å². The summed E-state index contributed by atoms with van der Waals surface area (Å²) in [5, 5.41) is 11.5. The number of guanidine groups is 1. The molecule has 1 aliphatic rings. The largest absolute Gasteiger partial charge is 0.354 e. The lowest BCUT2D eigenvalue weighted by Gasteiger charge is -2.19. The molecular weight excluding hydrogens is 389 g/mol. The number of aryl methyl sites for hydroxylation is 2. The van der Waals surface area contributed by atoms with Crippen molar-refractivity contribution in [1.82, 2.24) is 20.4 Å². The molecule has 2 N–H and O–H groups in total. The van der Waals surface area contributed by atoms with Crippen molar-refractivity contribution >= 4 is 29.9 Å². The van der Waals surface area contributed by atoms with Crippen molar-refractivity contribution in [2.75, 3.05) is 7.05 Å². The minimum absolute atomic E-state index is 0. The van der Waals surface area contributed by atoms with E-state index >= 15 is 0 Å². The minimum atomic E-state index is 0. The van der Waals surface area contributed by atoms with Gasteiger partial charge in [-0.1, -0.05) is 13.8 Å². The highest BCUT2D eigenvalue weighted by Gasteiger charge is 2.46. The van der Waals surface area contributed by atoms with Crippen molar-refractivity contribution in [2.45, 2.75) is 59.5 Å². The first-order valence-corrected chi connectivity index (χ1v) is 7.73. The van der Waals surface area contributed by atoms with Gasteiger partial charge in [0.05, 0.1) is 5.69 Å². The summed E-state index contributed by atoms with van der Waals surface area (Å²) < 4.78 is 1.96. The van der Waals surface area contributed by atoms with Crippen LogP contribution in [0.15, 0.2) is 4.99 Å². The molecule has 1 saturated carbocycles. The highest BCUT2D eigenvalue weighted by atomic mass is 127. The summed E-state index contributed by atoms with van der Waals surface area (Å²) in [4.78, 5) is 4.34. The van der Waals surface area contributed by atoms with Gasteiger partial charge in [0, 0.05) is 31.9 Å². The maximum atomic E-state index is 4.48. The third-order valence-electron chi connectivity index (χ3n) is 4.60. The fraction of sp³-hybridized carbons (Fsp3) is 0.750. The fourth-order valence-electron chi connectivity index (χ4n) is 2.75. The summed E-state index contributed by atoms with van der Waals surface area (Å²) in [5.74, 6) is 0.900. The summed E-state index contributed by atoms with van der Waals surface area (Å²) in [5.41, 5.74) is 4.10. The van der Waals surface area contributed by atoms with Crippen LogP contribution in [0.4, 0.5) is 0 Å². The van der Waals surface area contributed by atoms with E-state index in [1.165, 1.54) is 17.7 Å². The van der Waals surface area contributed by atoms with Crippen molar-refractivity contribution in [3.8, 4) is 0 Å². The van der Waals surface area contributed by atoms with Crippen LogP contribution in [-0.2, 0) is 13.5 Å². The van der Waals surface area contributed by atoms with Gasteiger partial charge in [0.25, 0.3) is 0 Å². The Labute approximate surface area is 151 Å². The van der Waals surface area contributed by atoms with E-state index in [-0.39, 0.29) is 24.0 Å². The molecule has 1 fully saturated rings. The van der Waals surface area contributed by atoms with Crippen LogP contribution < -0.4 is 10.6 Å². The van der Waals surface area contributed by atoms with Crippen LogP contribution in [0.3, 0.4) is 0 Å². The summed E-state index contributed by atoms with van der Waals surface area (Å²) in [7, 11) is 3.83. The number of hydrogen-bond donors (Lipinski definition) is 2. The molecule has 2 unspecified atom stereocenters. The molecule has 1 aromatic heterocycles. The number of nitrogens with zero attached hydrogens (tertiary/aromatic N) is 3. The third-order valence-corrected chi connectivity index (χ3v) is 4.60. The smallest absolute Gasteiger partial charge is 0.191 e. The molecule has 1 aliphatic carbocycles. The van der Waals surface area contributed by atoms with E-state index < -0.39 is 0 Å². The lowest BCUT2D eigenvalue weighted by atomic mass is 10.1. The molecular formula is C16H30IN5. The fourth-order valence-corrected chi connectivity index (χ4v) is 2.75. The second-order valence-electron chi connectivity index (χ2n) is 6.98. The second-order valence-corrected chi connectivity index (χ2v) is 6.98. The van der Waals surface area contributed by atoms with E-state index in [0.29, 0.717) is 17.5 Å². The van der Waals surface area contributed by atoms with Crippen LogP contribution in [0.25, 0.3) is 0 Å². The van der Waals surface area contributed by atoms with Gasteiger partial charge < -0.3 is 10.6 Å². The quantitative estimate of drug-likeness (QED) is 0.448. The first-order valence-electron chi connectivity index (χ1n) is 7.73. The monoisotopic (exact) mass is 419 g/mol. The van der Waals surface area contributed by atoms with Crippen LogP contribution in [0, 0.1) is 19.3 Å². The molecule has 2 atom stereocenters. The van der Waals surface area contributed by atoms with E-state index in [4.69, 9.17) is 0 Å². The lowest BCUT2D eigenvalue weighted by Crippen LogP contribution is -2.44. The van der Waals surface area contributed by atoms with Gasteiger partial charge in [-0.25, -0.2) is 0 Å². The molecule has 5 nitrogen and oxygen atoms in total. The van der Waals surface area contributed by atoms with Gasteiger partial charge in [-0.15, -0.1) is 24.0 Å². The lowest BCUT2D eigenvalue weighted by molar-refractivity contribution is 0.577. The summed E-state index contributed by atoms with van der Waals surface area (Å²) in [6.07, 6.45) is 2.17. The van der Waals surface area contributed by atoms with Gasteiger partial charge in [0.1, 0.15) is 0 Å². The van der Waals surface area contributed by atoms with Gasteiger partial charge in [0.15, 0.2) is 5.96 Å². The number of hydrogen-bond acceptors (Lipinski definition) is 2. The SMILES string of the molecule is CN=C(NC(C)Cc1c(C)nn(C)c1C)NC1CC1(C)C.I. The average Bonchev–Trinajstić information content (AvgIpc) is 2.92. The zero-order valence-corrected chi connectivity index (χ0v) is 17.1. The Morgan fingerprint density at radius 1 is 1.45 bits per heavy atom. The molecule has 6 heteroatoms. The van der Waals surface area contributed by atoms with E-state index in [0.717, 1.165) is 18.1 Å². The van der Waals surface area contributed by atoms with E-state index in [2.05, 4.69) is 55.3 Å². The zero-order valence-electron chi connectivity index (χ0n) is 14.8. The van der Waals surface area contributed by atoms with Gasteiger partial charge in [-0.05, 0) is 44.6 Å². The number of nitrogens with one attached hydrogen (secondary N) is 2. The highest BCUT2D eigenvalue weighted by Crippen LogP contribution is 2.44. The maximum absolute atomic E-state index is 4.48. The highest BCUT2D eigenvalue weighted by molar-refractivity contribution is 14.0. The summed E-state index contributed by atoms with van der Waals surface area (Å²) in [6.45, 7) is 11.0. The van der Waals surface area contributed by atoms with Crippen LogP contribution in [0.5, 0.6) is 0 Å². The zero-order chi connectivity index (χ0) is 15.8. The third kappa shape index (κ3) is 4.36. The molecule has 0 radical (unpaired) electrons. The average molecular weight is 419 g/mol. The molecule has 22 heavy (non-hydrogen) atoms. The van der Waals surface area contributed by atoms with Gasteiger partial charge in [-0.3, -0.25) is 9.67 Å². The molecule has 1 heterocycles. The van der Waals surface area contributed by atoms with Crippen molar-refractivity contribution in [2.24, 2.45) is 17.5 Å². The number of halogens is 1. The standard InChI is InChI=1S/C16H29N5.HI/c1-10(8-13-11(2)20-21(7)12(13)3)18-15(17-6)19-14-9-16(14,4)5;/h10,14H,8-9H2,1-7H3,(H2,17,18,19);1H. The van der Waals surface area contributed by atoms with Crippen LogP contribution >= 0.6 is 24.0 Å². The van der Waals surface area contributed by atoms with Crippen molar-refractivity contribution in [3.05, 3.63) is 17.0 Å². The molecule has 2 rings (SSSR count). The molecule has 0 spiro atoms. The summed E-state index contributed by atoms with van der Waals surface area (Å²) >= 11 is 0. The Bertz CT molecular complexity index is 547. The van der Waals surface area contributed by atoms with Gasteiger partial charge >= 0.3 is 0 Å². The second kappa shape index (κ2) is 7.19. The Hall–Kier alpha value is -0.790. The Morgan fingerprint density at radius 2 is 2.05 bits per heavy atom. The predicted octanol–water partition coefficient (Wildman–Crippen LogP) is 2.55. The van der Waals surface area contributed by atoms with Crippen LogP contribution in [-0.4, -0.2) is 34.9 Å². The summed E-state index contributed by atoms with van der Waals surface area (Å²) in [6, 6.07) is 0.859. The van der Waals surface area contributed by atoms with Crippen molar-refractivity contribution in [3.63, 3.8) is 0 Å². The molecule has 0 saturated heterocycles. The Morgan fingerprint density at radius 3 is 2.45 bits per heavy atom. The van der Waals surface area contributed by atoms with Gasteiger partial charge in [0.2, 0.25) is 0 Å². The topological polar surface area (TPSA) is 54.2 Å². The van der Waals surface area contributed by atoms with Crippen molar-refractivity contribution in [1.29, 1.82) is 0 Å². The van der Waals surface area contributed by atoms with E-state index in [9.17, 15) is 0 Å². The normalized spacial score (nSPS) is 21.0.